The third-order valence-electron chi connectivity index (χ3n) is 6.92. The van der Waals surface area contributed by atoms with Crippen molar-refractivity contribution in [3.8, 4) is 0 Å². The highest BCUT2D eigenvalue weighted by molar-refractivity contribution is 7.48. The number of nitrogens with one attached hydrogen (secondary N) is 1. The average Bonchev–Trinajstić information content (AvgIpc) is 3.24. The van der Waals surface area contributed by atoms with Gasteiger partial charge in [0.15, 0.2) is 0 Å². The number of aryl methyl sites for hydroxylation is 1. The van der Waals surface area contributed by atoms with E-state index >= 15 is 0 Å². The summed E-state index contributed by atoms with van der Waals surface area (Å²) >= 11 is 0. The van der Waals surface area contributed by atoms with Crippen molar-refractivity contribution in [3.63, 3.8) is 0 Å². The molecular formula is C22H34N5O7P. The Morgan fingerprint density at radius 3 is 2.29 bits per heavy atom. The van der Waals surface area contributed by atoms with E-state index in [0.29, 0.717) is 5.56 Å². The molecule has 1 N–H and O–H groups in total. The summed E-state index contributed by atoms with van der Waals surface area (Å²) in [5, 5.41) is 3.80. The standard InChI is InChI=1S/C22H34N5O7P/c1-15-13-27(22(29)24-21(15)28)20-12-18(25-26-23)19(32-20)14-31-35(30,33-16-8-4-2-5-9-16)34-17-10-6-3-7-11-17/h13,16-20H,2-12,14H2,1H3,(H,24,28,29)/t18-,19+,20+/m0/s1. The van der Waals surface area contributed by atoms with Gasteiger partial charge >= 0.3 is 13.5 Å². The molecule has 4 rings (SSSR count). The molecule has 1 aliphatic heterocycles. The molecule has 194 valence electrons. The van der Waals surface area contributed by atoms with E-state index in [2.05, 4.69) is 15.0 Å². The number of phosphoric ester groups is 1. The van der Waals surface area contributed by atoms with Crippen molar-refractivity contribution in [2.75, 3.05) is 6.61 Å². The molecule has 13 heteroatoms. The summed E-state index contributed by atoms with van der Waals surface area (Å²) in [7, 11) is -3.90. The van der Waals surface area contributed by atoms with Crippen LogP contribution in [0.25, 0.3) is 10.4 Å². The van der Waals surface area contributed by atoms with Gasteiger partial charge < -0.3 is 4.74 Å². The molecule has 1 saturated heterocycles. The molecule has 3 aliphatic rings. The minimum absolute atomic E-state index is 0.187. The molecule has 1 aromatic rings. The Bertz CT molecular complexity index is 1050. The van der Waals surface area contributed by atoms with E-state index in [1.54, 1.807) is 6.92 Å². The van der Waals surface area contributed by atoms with Gasteiger partial charge in [0.05, 0.1) is 31.0 Å². The number of H-pyrrole nitrogens is 1. The van der Waals surface area contributed by atoms with Crippen LogP contribution in [0.15, 0.2) is 20.9 Å². The van der Waals surface area contributed by atoms with Crippen LogP contribution < -0.4 is 11.2 Å². The summed E-state index contributed by atoms with van der Waals surface area (Å²) in [6.07, 6.45) is 9.18. The van der Waals surface area contributed by atoms with Crippen molar-refractivity contribution in [2.24, 2.45) is 5.11 Å². The maximum Gasteiger partial charge on any atom is 0.475 e. The van der Waals surface area contributed by atoms with Crippen LogP contribution in [0.4, 0.5) is 0 Å². The molecule has 0 amide bonds. The molecule has 0 spiro atoms. The van der Waals surface area contributed by atoms with Gasteiger partial charge in [0.2, 0.25) is 0 Å². The molecule has 2 heterocycles. The lowest BCUT2D eigenvalue weighted by molar-refractivity contribution is -0.0381. The zero-order valence-electron chi connectivity index (χ0n) is 20.0. The zero-order valence-corrected chi connectivity index (χ0v) is 20.9. The maximum atomic E-state index is 13.7. The molecular weight excluding hydrogens is 477 g/mol. The second kappa shape index (κ2) is 11.9. The highest BCUT2D eigenvalue weighted by Crippen LogP contribution is 2.55. The number of azide groups is 1. The minimum Gasteiger partial charge on any atom is -0.352 e. The summed E-state index contributed by atoms with van der Waals surface area (Å²) in [6, 6.07) is -0.665. The lowest BCUT2D eigenvalue weighted by Gasteiger charge is -2.31. The fourth-order valence-corrected chi connectivity index (χ4v) is 6.63. The Labute approximate surface area is 203 Å². The van der Waals surface area contributed by atoms with Crippen molar-refractivity contribution in [1.29, 1.82) is 0 Å². The summed E-state index contributed by atoms with van der Waals surface area (Å²) in [4.78, 5) is 29.2. The second-order valence-corrected chi connectivity index (χ2v) is 11.2. The third-order valence-corrected chi connectivity index (χ3v) is 8.50. The van der Waals surface area contributed by atoms with E-state index in [9.17, 15) is 14.2 Å². The van der Waals surface area contributed by atoms with Gasteiger partial charge in [0, 0.05) is 23.1 Å². The van der Waals surface area contributed by atoms with Gasteiger partial charge in [0.25, 0.3) is 5.56 Å². The predicted octanol–water partition coefficient (Wildman–Crippen LogP) is 4.63. The van der Waals surface area contributed by atoms with Crippen LogP contribution in [-0.2, 0) is 22.9 Å². The molecule has 2 saturated carbocycles. The molecule has 0 bridgehead atoms. The Hall–Kier alpha value is -1.94. The van der Waals surface area contributed by atoms with E-state index in [-0.39, 0.29) is 25.2 Å². The number of hydrogen-bond acceptors (Lipinski definition) is 8. The van der Waals surface area contributed by atoms with Crippen molar-refractivity contribution >= 4 is 7.82 Å². The van der Waals surface area contributed by atoms with Crippen LogP contribution in [0, 0.1) is 6.92 Å². The van der Waals surface area contributed by atoms with Gasteiger partial charge in [-0.3, -0.25) is 27.9 Å². The first kappa shape index (κ1) is 26.1. The summed E-state index contributed by atoms with van der Waals surface area (Å²) in [6.45, 7) is 1.39. The first-order chi connectivity index (χ1) is 16.9. The van der Waals surface area contributed by atoms with Gasteiger partial charge in [-0.15, -0.1) is 0 Å². The monoisotopic (exact) mass is 511 g/mol. The van der Waals surface area contributed by atoms with E-state index in [0.717, 1.165) is 64.2 Å². The van der Waals surface area contributed by atoms with Crippen LogP contribution in [0.2, 0.25) is 0 Å². The van der Waals surface area contributed by atoms with Crippen molar-refractivity contribution in [2.45, 2.75) is 108 Å². The number of aromatic amines is 1. The largest absolute Gasteiger partial charge is 0.475 e. The van der Waals surface area contributed by atoms with Crippen LogP contribution in [0.1, 0.15) is 82.4 Å². The Kier molecular flexibility index (Phi) is 8.86. The number of phosphoric acid groups is 1. The Morgan fingerprint density at radius 1 is 1.11 bits per heavy atom. The first-order valence-corrected chi connectivity index (χ1v) is 14.0. The van der Waals surface area contributed by atoms with Crippen LogP contribution in [0.5, 0.6) is 0 Å². The topological polar surface area (TPSA) is 158 Å². The van der Waals surface area contributed by atoms with E-state index < -0.39 is 37.4 Å². The van der Waals surface area contributed by atoms with Gasteiger partial charge in [-0.1, -0.05) is 43.6 Å². The molecule has 35 heavy (non-hydrogen) atoms. The number of nitrogens with zero attached hydrogens (tertiary/aromatic N) is 4. The van der Waals surface area contributed by atoms with Crippen LogP contribution in [-0.4, -0.2) is 40.5 Å². The number of ether oxygens (including phenoxy) is 1. The molecule has 3 atom stereocenters. The molecule has 2 aliphatic carbocycles. The molecule has 0 radical (unpaired) electrons. The second-order valence-electron chi connectivity index (χ2n) is 9.59. The molecule has 3 fully saturated rings. The lowest BCUT2D eigenvalue weighted by atomic mass is 9.98. The molecule has 0 aromatic carbocycles. The predicted molar refractivity (Wildman–Crippen MR) is 127 cm³/mol. The van der Waals surface area contributed by atoms with Crippen LogP contribution >= 0.6 is 7.82 Å². The van der Waals surface area contributed by atoms with E-state index in [1.165, 1.54) is 10.8 Å². The van der Waals surface area contributed by atoms with Crippen molar-refractivity contribution in [3.05, 3.63) is 43.0 Å². The van der Waals surface area contributed by atoms with Gasteiger partial charge in [0.1, 0.15) is 6.23 Å². The Morgan fingerprint density at radius 2 is 1.71 bits per heavy atom. The summed E-state index contributed by atoms with van der Waals surface area (Å²) < 4.78 is 38.7. The zero-order chi connectivity index (χ0) is 24.8. The van der Waals surface area contributed by atoms with Gasteiger partial charge in [-0.25, -0.2) is 9.36 Å². The smallest absolute Gasteiger partial charge is 0.352 e. The van der Waals surface area contributed by atoms with E-state index in [1.807, 2.05) is 0 Å². The van der Waals surface area contributed by atoms with Gasteiger partial charge in [-0.05, 0) is 38.1 Å². The highest BCUT2D eigenvalue weighted by atomic mass is 31.2. The molecule has 1 aromatic heterocycles. The number of aromatic nitrogens is 2. The molecule has 0 unspecified atom stereocenters. The number of rotatable bonds is 9. The van der Waals surface area contributed by atoms with E-state index in [4.69, 9.17) is 23.8 Å². The summed E-state index contributed by atoms with van der Waals surface area (Å²) in [5.74, 6) is 0. The SMILES string of the molecule is Cc1cn([C@H]2C[C@H](N=[N+]=[N-])[C@@H](COP(=O)(OC3CCCCC3)OC3CCCCC3)O2)c(=O)[nH]c1=O. The van der Waals surface area contributed by atoms with Crippen molar-refractivity contribution < 1.29 is 22.9 Å². The average molecular weight is 512 g/mol. The maximum absolute atomic E-state index is 13.7. The van der Waals surface area contributed by atoms with Crippen molar-refractivity contribution in [1.82, 2.24) is 9.55 Å². The minimum atomic E-state index is -3.90. The third kappa shape index (κ3) is 6.84. The fraction of sp³-hybridized carbons (Fsp3) is 0.818. The quantitative estimate of drug-likeness (QED) is 0.219. The highest BCUT2D eigenvalue weighted by Gasteiger charge is 2.41. The van der Waals surface area contributed by atoms with Crippen LogP contribution in [0.3, 0.4) is 0 Å². The lowest BCUT2D eigenvalue weighted by Crippen LogP contribution is -2.33. The molecule has 12 nitrogen and oxygen atoms in total. The van der Waals surface area contributed by atoms with Gasteiger partial charge in [-0.2, -0.15) is 0 Å². The summed E-state index contributed by atoms with van der Waals surface area (Å²) in [5.41, 5.74) is 8.28. The number of hydrogen-bond donors (Lipinski definition) is 1. The first-order valence-electron chi connectivity index (χ1n) is 12.5. The Balaban J connectivity index is 1.48. The normalized spacial score (nSPS) is 26.5. The fourth-order valence-electron chi connectivity index (χ4n) is 4.98.